The molecule has 0 heterocycles. The molecule has 0 radical (unpaired) electrons. The fraction of sp³-hybridized carbons (Fsp3) is 0.161. The summed E-state index contributed by atoms with van der Waals surface area (Å²) in [5.74, 6) is -1.17. The zero-order valence-electron chi connectivity index (χ0n) is 21.1. The van der Waals surface area contributed by atoms with Crippen LogP contribution in [0.1, 0.15) is 38.3 Å². The van der Waals surface area contributed by atoms with Gasteiger partial charge in [-0.15, -0.1) is 0 Å². The minimum absolute atomic E-state index is 0.168. The monoisotopic (exact) mass is 527 g/mol. The molecule has 0 aliphatic carbocycles. The summed E-state index contributed by atoms with van der Waals surface area (Å²) in [6.07, 6.45) is 2.72. The van der Waals surface area contributed by atoms with E-state index in [4.69, 9.17) is 0 Å². The Bertz CT molecular complexity index is 1510. The third-order valence-electron chi connectivity index (χ3n) is 6.35. The highest BCUT2D eigenvalue weighted by atomic mass is 32.2. The van der Waals surface area contributed by atoms with E-state index in [9.17, 15) is 23.1 Å². The largest absolute Gasteiger partial charge is 0.478 e. The van der Waals surface area contributed by atoms with Crippen LogP contribution in [0.25, 0.3) is 11.1 Å². The lowest BCUT2D eigenvalue weighted by Gasteiger charge is -2.23. The summed E-state index contributed by atoms with van der Waals surface area (Å²) in [6, 6.07) is 30.5. The van der Waals surface area contributed by atoms with Crippen molar-refractivity contribution in [1.82, 2.24) is 4.90 Å². The number of amides is 1. The topological polar surface area (TPSA) is 91.8 Å². The van der Waals surface area contributed by atoms with Crippen molar-refractivity contribution in [3.05, 3.63) is 125 Å². The van der Waals surface area contributed by atoms with Crippen LogP contribution < -0.4 is 0 Å². The first-order valence-electron chi connectivity index (χ1n) is 12.3. The molecule has 4 aromatic rings. The Labute approximate surface area is 223 Å². The summed E-state index contributed by atoms with van der Waals surface area (Å²) in [7, 11) is -3.36. The van der Waals surface area contributed by atoms with Crippen molar-refractivity contribution >= 4 is 21.7 Å². The van der Waals surface area contributed by atoms with E-state index in [1.165, 1.54) is 17.7 Å². The van der Waals surface area contributed by atoms with Gasteiger partial charge in [0.15, 0.2) is 9.84 Å². The van der Waals surface area contributed by atoms with E-state index >= 15 is 0 Å². The molecular formula is C31H29NO5S. The molecule has 0 atom stereocenters. The van der Waals surface area contributed by atoms with Crippen molar-refractivity contribution < 1.29 is 23.1 Å². The van der Waals surface area contributed by atoms with Crippen LogP contribution in [-0.4, -0.2) is 43.1 Å². The number of aromatic carboxylic acids is 1. The van der Waals surface area contributed by atoms with Crippen LogP contribution in [0.2, 0.25) is 0 Å². The lowest BCUT2D eigenvalue weighted by Crippen LogP contribution is -2.31. The number of carbonyl (C=O) groups is 2. The van der Waals surface area contributed by atoms with Gasteiger partial charge in [0.2, 0.25) is 0 Å². The molecule has 0 aliphatic rings. The van der Waals surface area contributed by atoms with Crippen LogP contribution >= 0.6 is 0 Å². The average molecular weight is 528 g/mol. The quantitative estimate of drug-likeness (QED) is 0.284. The van der Waals surface area contributed by atoms with E-state index in [1.54, 1.807) is 41.3 Å². The van der Waals surface area contributed by atoms with Gasteiger partial charge >= 0.3 is 5.97 Å². The summed E-state index contributed by atoms with van der Waals surface area (Å²) < 4.78 is 23.7. The van der Waals surface area contributed by atoms with Gasteiger partial charge in [-0.05, 0) is 65.4 Å². The molecule has 194 valence electrons. The maximum atomic E-state index is 13.5. The molecule has 0 unspecified atom stereocenters. The minimum atomic E-state index is -3.36. The molecule has 7 heteroatoms. The number of nitrogens with zero attached hydrogens (tertiary/aromatic N) is 1. The number of rotatable bonds is 10. The summed E-state index contributed by atoms with van der Waals surface area (Å²) in [4.78, 5) is 27.0. The second-order valence-electron chi connectivity index (χ2n) is 9.16. The Balaban J connectivity index is 1.55. The number of benzene rings is 4. The average Bonchev–Trinajstić information content (AvgIpc) is 2.92. The van der Waals surface area contributed by atoms with Crippen molar-refractivity contribution in [2.75, 3.05) is 12.8 Å². The van der Waals surface area contributed by atoms with Crippen LogP contribution in [-0.2, 0) is 22.8 Å². The fourth-order valence-corrected chi connectivity index (χ4v) is 4.96. The van der Waals surface area contributed by atoms with Crippen molar-refractivity contribution in [2.45, 2.75) is 24.3 Å². The van der Waals surface area contributed by atoms with Crippen molar-refractivity contribution in [2.24, 2.45) is 0 Å². The molecule has 1 N–H and O–H groups in total. The molecule has 0 aliphatic heterocycles. The van der Waals surface area contributed by atoms with E-state index in [0.29, 0.717) is 24.2 Å². The van der Waals surface area contributed by atoms with Crippen molar-refractivity contribution in [3.8, 4) is 11.1 Å². The highest BCUT2D eigenvalue weighted by Crippen LogP contribution is 2.25. The van der Waals surface area contributed by atoms with Gasteiger partial charge in [-0.2, -0.15) is 0 Å². The lowest BCUT2D eigenvalue weighted by molar-refractivity contribution is 0.0696. The van der Waals surface area contributed by atoms with Crippen LogP contribution in [0.5, 0.6) is 0 Å². The standard InChI is InChI=1S/C31H29NO5S/c1-38(36,37)27-19-17-26(18-20-27)30(33)32(21-7-10-23-8-3-2-4-9-23)22-24-13-15-25(16-14-24)28-11-5-6-12-29(28)31(34)35/h2-6,8-9,11-20H,7,10,21-22H2,1H3,(H,34,35). The number of carboxylic acid groups (broad SMARTS) is 1. The predicted molar refractivity (Wildman–Crippen MR) is 148 cm³/mol. The summed E-state index contributed by atoms with van der Waals surface area (Å²) in [6.45, 7) is 0.882. The molecule has 4 rings (SSSR count). The molecule has 0 fully saturated rings. The first-order valence-corrected chi connectivity index (χ1v) is 14.2. The first kappa shape index (κ1) is 26.8. The Morgan fingerprint density at radius 2 is 1.39 bits per heavy atom. The van der Waals surface area contributed by atoms with Crippen LogP contribution in [0.3, 0.4) is 0 Å². The Morgan fingerprint density at radius 3 is 2.03 bits per heavy atom. The normalized spacial score (nSPS) is 11.2. The molecular weight excluding hydrogens is 498 g/mol. The highest BCUT2D eigenvalue weighted by Gasteiger charge is 2.18. The number of aryl methyl sites for hydroxylation is 1. The van der Waals surface area contributed by atoms with E-state index < -0.39 is 15.8 Å². The van der Waals surface area contributed by atoms with E-state index in [0.717, 1.165) is 30.2 Å². The molecule has 0 saturated heterocycles. The number of carbonyl (C=O) groups excluding carboxylic acids is 1. The predicted octanol–water partition coefficient (Wildman–Crippen LogP) is 5.73. The van der Waals surface area contributed by atoms with Gasteiger partial charge in [0.1, 0.15) is 0 Å². The smallest absolute Gasteiger partial charge is 0.336 e. The van der Waals surface area contributed by atoms with E-state index in [-0.39, 0.29) is 16.4 Å². The van der Waals surface area contributed by atoms with Crippen LogP contribution in [0.4, 0.5) is 0 Å². The minimum Gasteiger partial charge on any atom is -0.478 e. The highest BCUT2D eigenvalue weighted by molar-refractivity contribution is 7.90. The van der Waals surface area contributed by atoms with Gasteiger partial charge in [0.05, 0.1) is 10.5 Å². The first-order chi connectivity index (χ1) is 18.2. The second-order valence-corrected chi connectivity index (χ2v) is 11.2. The molecule has 0 aromatic heterocycles. The Hall–Kier alpha value is -4.23. The zero-order chi connectivity index (χ0) is 27.1. The summed E-state index contributed by atoms with van der Waals surface area (Å²) in [5, 5.41) is 9.52. The van der Waals surface area contributed by atoms with Crippen molar-refractivity contribution in [1.29, 1.82) is 0 Å². The summed E-state index contributed by atoms with van der Waals surface area (Å²) in [5.41, 5.74) is 4.17. The van der Waals surface area contributed by atoms with Gasteiger partial charge in [0.25, 0.3) is 5.91 Å². The number of sulfone groups is 1. The van der Waals surface area contributed by atoms with Crippen molar-refractivity contribution in [3.63, 3.8) is 0 Å². The third-order valence-corrected chi connectivity index (χ3v) is 7.48. The number of hydrogen-bond donors (Lipinski definition) is 1. The maximum absolute atomic E-state index is 13.5. The Kier molecular flexibility index (Phi) is 8.38. The zero-order valence-corrected chi connectivity index (χ0v) is 21.9. The van der Waals surface area contributed by atoms with Gasteiger partial charge in [0, 0.05) is 24.9 Å². The number of carboxylic acids is 1. The van der Waals surface area contributed by atoms with Crippen LogP contribution in [0, 0.1) is 0 Å². The third kappa shape index (κ3) is 6.75. The maximum Gasteiger partial charge on any atom is 0.336 e. The molecule has 1 amide bonds. The molecule has 4 aromatic carbocycles. The molecule has 38 heavy (non-hydrogen) atoms. The molecule has 0 spiro atoms. The van der Waals surface area contributed by atoms with Crippen LogP contribution in [0.15, 0.2) is 108 Å². The lowest BCUT2D eigenvalue weighted by atomic mass is 9.98. The fourth-order valence-electron chi connectivity index (χ4n) is 4.33. The van der Waals surface area contributed by atoms with Gasteiger partial charge < -0.3 is 10.0 Å². The van der Waals surface area contributed by atoms with E-state index in [2.05, 4.69) is 12.1 Å². The second kappa shape index (κ2) is 11.9. The molecule has 6 nitrogen and oxygen atoms in total. The van der Waals surface area contributed by atoms with Gasteiger partial charge in [-0.25, -0.2) is 13.2 Å². The van der Waals surface area contributed by atoms with Gasteiger partial charge in [-0.1, -0.05) is 72.8 Å². The SMILES string of the molecule is CS(=O)(=O)c1ccc(C(=O)N(CCCc2ccccc2)Cc2ccc(-c3ccccc3C(=O)O)cc2)cc1. The number of hydrogen-bond acceptors (Lipinski definition) is 4. The van der Waals surface area contributed by atoms with Gasteiger partial charge in [-0.3, -0.25) is 4.79 Å². The van der Waals surface area contributed by atoms with E-state index in [1.807, 2.05) is 42.5 Å². The molecule has 0 bridgehead atoms. The summed E-state index contributed by atoms with van der Waals surface area (Å²) >= 11 is 0. The Morgan fingerprint density at radius 1 is 0.763 bits per heavy atom. The molecule has 0 saturated carbocycles.